The van der Waals surface area contributed by atoms with Crippen LogP contribution < -0.4 is 15.2 Å². The van der Waals surface area contributed by atoms with Crippen molar-refractivity contribution in [2.45, 2.75) is 44.4 Å². The third-order valence-electron chi connectivity index (χ3n) is 5.30. The maximum atomic E-state index is 12.7. The molecule has 0 bridgehead atoms. The predicted molar refractivity (Wildman–Crippen MR) is 89.9 cm³/mol. The molecule has 1 heterocycles. The van der Waals surface area contributed by atoms with Crippen LogP contribution in [0.25, 0.3) is 0 Å². The number of rotatable bonds is 4. The van der Waals surface area contributed by atoms with Crippen molar-refractivity contribution in [2.24, 2.45) is 11.7 Å². The van der Waals surface area contributed by atoms with Gasteiger partial charge in [0.05, 0.1) is 20.8 Å². The van der Waals surface area contributed by atoms with Crippen molar-refractivity contribution in [3.63, 3.8) is 0 Å². The summed E-state index contributed by atoms with van der Waals surface area (Å²) in [6.45, 7) is 0.699. The summed E-state index contributed by atoms with van der Waals surface area (Å²) in [6.07, 6.45) is 2.77. The second kappa shape index (κ2) is 6.99. The molecule has 0 spiro atoms. The fourth-order valence-electron chi connectivity index (χ4n) is 3.94. The van der Waals surface area contributed by atoms with Gasteiger partial charge in [-0.05, 0) is 30.9 Å². The number of hydrogen-bond donors (Lipinski definition) is 2. The van der Waals surface area contributed by atoms with Gasteiger partial charge in [-0.1, -0.05) is 6.42 Å². The molecule has 1 unspecified atom stereocenters. The maximum Gasteiger partial charge on any atom is 0.223 e. The van der Waals surface area contributed by atoms with Crippen LogP contribution in [0.5, 0.6) is 11.5 Å². The monoisotopic (exact) mass is 334 g/mol. The van der Waals surface area contributed by atoms with E-state index in [1.807, 2.05) is 6.07 Å². The standard InChI is InChI=1S/C18H26N2O4/c1-23-15-6-7-16(24-2)18-12(15)9-20(10-14(18)21)17(22)8-11-4-3-5-13(11)19/h6-7,11,13-14,21H,3-5,8-10,19H2,1-2H3/t11-,13+,14?/m0/s1. The summed E-state index contributed by atoms with van der Waals surface area (Å²) in [6, 6.07) is 3.71. The van der Waals surface area contributed by atoms with Gasteiger partial charge in [-0.15, -0.1) is 0 Å². The Bertz CT molecular complexity index is 619. The number of β-amino-alcohol motifs (C(OH)–C–C–N with tert-alkyl or cyclic N) is 1. The highest BCUT2D eigenvalue weighted by Gasteiger charge is 2.34. The summed E-state index contributed by atoms with van der Waals surface area (Å²) in [4.78, 5) is 14.4. The molecule has 0 aromatic heterocycles. The van der Waals surface area contributed by atoms with Crippen LogP contribution in [-0.2, 0) is 11.3 Å². The Morgan fingerprint density at radius 2 is 2.00 bits per heavy atom. The van der Waals surface area contributed by atoms with Crippen LogP contribution in [-0.4, -0.2) is 42.7 Å². The zero-order chi connectivity index (χ0) is 17.3. The number of benzene rings is 1. The molecule has 0 radical (unpaired) electrons. The second-order valence-corrected chi connectivity index (χ2v) is 6.71. The molecule has 1 aliphatic carbocycles. The number of ether oxygens (including phenoxy) is 2. The number of aliphatic hydroxyl groups excluding tert-OH is 1. The van der Waals surface area contributed by atoms with E-state index in [9.17, 15) is 9.90 Å². The minimum Gasteiger partial charge on any atom is -0.496 e. The first-order chi connectivity index (χ1) is 11.5. The van der Waals surface area contributed by atoms with Crippen molar-refractivity contribution >= 4 is 5.91 Å². The molecule has 0 saturated heterocycles. The highest BCUT2D eigenvalue weighted by molar-refractivity contribution is 5.77. The lowest BCUT2D eigenvalue weighted by atomic mass is 9.93. The first kappa shape index (κ1) is 17.0. The minimum atomic E-state index is -0.778. The number of amides is 1. The Morgan fingerprint density at radius 1 is 1.29 bits per heavy atom. The van der Waals surface area contributed by atoms with Crippen LogP contribution in [0.15, 0.2) is 12.1 Å². The van der Waals surface area contributed by atoms with E-state index in [-0.39, 0.29) is 24.4 Å². The van der Waals surface area contributed by atoms with E-state index >= 15 is 0 Å². The summed E-state index contributed by atoms with van der Waals surface area (Å²) in [7, 11) is 3.17. The molecular weight excluding hydrogens is 308 g/mol. The number of carbonyl (C=O) groups is 1. The summed E-state index contributed by atoms with van der Waals surface area (Å²) in [5.74, 6) is 1.60. The Morgan fingerprint density at radius 3 is 2.62 bits per heavy atom. The summed E-state index contributed by atoms with van der Waals surface area (Å²) >= 11 is 0. The zero-order valence-corrected chi connectivity index (χ0v) is 14.3. The van der Waals surface area contributed by atoms with E-state index in [1.165, 1.54) is 0 Å². The zero-order valence-electron chi connectivity index (χ0n) is 14.3. The molecule has 132 valence electrons. The van der Waals surface area contributed by atoms with Gasteiger partial charge in [0.1, 0.15) is 17.6 Å². The van der Waals surface area contributed by atoms with Gasteiger partial charge in [0.25, 0.3) is 0 Å². The van der Waals surface area contributed by atoms with Gasteiger partial charge in [0.2, 0.25) is 5.91 Å². The van der Waals surface area contributed by atoms with E-state index < -0.39 is 6.10 Å². The van der Waals surface area contributed by atoms with Crippen molar-refractivity contribution < 1.29 is 19.4 Å². The van der Waals surface area contributed by atoms with Crippen molar-refractivity contribution in [1.29, 1.82) is 0 Å². The van der Waals surface area contributed by atoms with Gasteiger partial charge in [-0.25, -0.2) is 0 Å². The lowest BCUT2D eigenvalue weighted by molar-refractivity contribution is -0.135. The van der Waals surface area contributed by atoms with Gasteiger partial charge < -0.3 is 25.2 Å². The molecule has 6 heteroatoms. The van der Waals surface area contributed by atoms with Gasteiger partial charge in [0, 0.05) is 30.1 Å². The molecule has 3 N–H and O–H groups in total. The normalized spacial score (nSPS) is 26.2. The number of methoxy groups -OCH3 is 2. The van der Waals surface area contributed by atoms with Crippen molar-refractivity contribution in [3.8, 4) is 11.5 Å². The van der Waals surface area contributed by atoms with E-state index in [4.69, 9.17) is 15.2 Å². The SMILES string of the molecule is COc1ccc(OC)c2c1CN(C(=O)C[C@@H]1CCC[C@H]1N)CC2O. The maximum absolute atomic E-state index is 12.7. The first-order valence-corrected chi connectivity index (χ1v) is 8.50. The van der Waals surface area contributed by atoms with Crippen molar-refractivity contribution in [2.75, 3.05) is 20.8 Å². The highest BCUT2D eigenvalue weighted by atomic mass is 16.5. The molecule has 24 heavy (non-hydrogen) atoms. The van der Waals surface area contributed by atoms with Gasteiger partial charge >= 0.3 is 0 Å². The van der Waals surface area contributed by atoms with Crippen molar-refractivity contribution in [1.82, 2.24) is 4.90 Å². The van der Waals surface area contributed by atoms with Crippen LogP contribution in [0.1, 0.15) is 42.9 Å². The molecule has 3 rings (SSSR count). The fraction of sp³-hybridized carbons (Fsp3) is 0.611. The van der Waals surface area contributed by atoms with Crippen molar-refractivity contribution in [3.05, 3.63) is 23.3 Å². The molecule has 1 fully saturated rings. The number of fused-ring (bicyclic) bond motifs is 1. The summed E-state index contributed by atoms with van der Waals surface area (Å²) < 4.78 is 10.8. The lowest BCUT2D eigenvalue weighted by Gasteiger charge is -2.34. The molecule has 1 aromatic rings. The van der Waals surface area contributed by atoms with Crippen LogP contribution in [0, 0.1) is 5.92 Å². The van der Waals surface area contributed by atoms with Crippen LogP contribution in [0.3, 0.4) is 0 Å². The number of hydrogen-bond acceptors (Lipinski definition) is 5. The summed E-state index contributed by atoms with van der Waals surface area (Å²) in [5.41, 5.74) is 7.63. The summed E-state index contributed by atoms with van der Waals surface area (Å²) in [5, 5.41) is 10.6. The van der Waals surface area contributed by atoms with E-state index in [0.717, 1.165) is 30.4 Å². The topological polar surface area (TPSA) is 85.0 Å². The number of carbonyl (C=O) groups excluding carboxylic acids is 1. The molecule has 6 nitrogen and oxygen atoms in total. The number of nitrogens with two attached hydrogens (primary N) is 1. The Hall–Kier alpha value is -1.79. The average Bonchev–Trinajstić information content (AvgIpc) is 2.98. The average molecular weight is 334 g/mol. The Labute approximate surface area is 142 Å². The molecule has 3 atom stereocenters. The number of nitrogens with zero attached hydrogens (tertiary/aromatic N) is 1. The predicted octanol–water partition coefficient (Wildman–Crippen LogP) is 1.60. The van der Waals surface area contributed by atoms with E-state index in [1.54, 1.807) is 25.2 Å². The Kier molecular flexibility index (Phi) is 4.96. The second-order valence-electron chi connectivity index (χ2n) is 6.71. The van der Waals surface area contributed by atoms with E-state index in [2.05, 4.69) is 0 Å². The lowest BCUT2D eigenvalue weighted by Crippen LogP contribution is -2.40. The highest BCUT2D eigenvalue weighted by Crippen LogP contribution is 2.40. The third-order valence-corrected chi connectivity index (χ3v) is 5.30. The number of aliphatic hydroxyl groups is 1. The fourth-order valence-corrected chi connectivity index (χ4v) is 3.94. The molecule has 1 aliphatic heterocycles. The van der Waals surface area contributed by atoms with Crippen LogP contribution in [0.2, 0.25) is 0 Å². The quantitative estimate of drug-likeness (QED) is 0.873. The third kappa shape index (κ3) is 3.08. The molecule has 2 aliphatic rings. The largest absolute Gasteiger partial charge is 0.496 e. The molecule has 1 amide bonds. The molecule has 1 aromatic carbocycles. The minimum absolute atomic E-state index is 0.0481. The van der Waals surface area contributed by atoms with Gasteiger partial charge in [-0.2, -0.15) is 0 Å². The Balaban J connectivity index is 1.82. The molecule has 1 saturated carbocycles. The van der Waals surface area contributed by atoms with Gasteiger partial charge in [-0.3, -0.25) is 4.79 Å². The van der Waals surface area contributed by atoms with Crippen LogP contribution >= 0.6 is 0 Å². The van der Waals surface area contributed by atoms with E-state index in [0.29, 0.717) is 24.5 Å². The smallest absolute Gasteiger partial charge is 0.223 e. The van der Waals surface area contributed by atoms with Gasteiger partial charge in [0.15, 0.2) is 0 Å². The molecular formula is C18H26N2O4. The van der Waals surface area contributed by atoms with Crippen LogP contribution in [0.4, 0.5) is 0 Å². The first-order valence-electron chi connectivity index (χ1n) is 8.50.